The molecule has 3 nitrogen and oxygen atoms in total. The third-order valence-corrected chi connectivity index (χ3v) is 3.80. The maximum absolute atomic E-state index is 6.31. The van der Waals surface area contributed by atoms with Gasteiger partial charge in [0.2, 0.25) is 0 Å². The summed E-state index contributed by atoms with van der Waals surface area (Å²) >= 11 is 6.31. The Morgan fingerprint density at radius 1 is 1.10 bits per heavy atom. The van der Waals surface area contributed by atoms with Gasteiger partial charge in [0.1, 0.15) is 0 Å². The number of likely N-dealkylation sites (N-methyl/N-ethyl adjacent to an activating group) is 2. The first-order valence-electron chi connectivity index (χ1n) is 7.35. The number of nitrogens with zero attached hydrogens (tertiary/aromatic N) is 2. The normalized spacial score (nSPS) is 13.2. The molecule has 1 aromatic carbocycles. The third-order valence-electron chi connectivity index (χ3n) is 3.46. The highest BCUT2D eigenvalue weighted by Crippen LogP contribution is 2.25. The Hall–Kier alpha value is -0.610. The average Bonchev–Trinajstić information content (AvgIpc) is 2.42. The van der Waals surface area contributed by atoms with Crippen LogP contribution in [0.3, 0.4) is 0 Å². The van der Waals surface area contributed by atoms with Crippen molar-refractivity contribution < 1.29 is 0 Å². The monoisotopic (exact) mass is 297 g/mol. The zero-order chi connectivity index (χ0) is 15.0. The Morgan fingerprint density at radius 2 is 1.80 bits per heavy atom. The molecule has 0 aliphatic carbocycles. The summed E-state index contributed by atoms with van der Waals surface area (Å²) in [5, 5.41) is 4.39. The van der Waals surface area contributed by atoms with Gasteiger partial charge in [-0.05, 0) is 52.3 Å². The van der Waals surface area contributed by atoms with Crippen molar-refractivity contribution >= 4 is 11.6 Å². The summed E-state index contributed by atoms with van der Waals surface area (Å²) in [4.78, 5) is 4.59. The molecule has 0 aliphatic heterocycles. The molecule has 114 valence electrons. The Bertz CT molecular complexity index is 382. The second-order valence-corrected chi connectivity index (χ2v) is 5.93. The summed E-state index contributed by atoms with van der Waals surface area (Å²) < 4.78 is 0. The molecule has 0 radical (unpaired) electrons. The van der Waals surface area contributed by atoms with Crippen LogP contribution in [0.4, 0.5) is 0 Å². The van der Waals surface area contributed by atoms with Crippen LogP contribution in [0.1, 0.15) is 24.9 Å². The van der Waals surface area contributed by atoms with Crippen LogP contribution in [0.25, 0.3) is 0 Å². The van der Waals surface area contributed by atoms with Crippen LogP contribution < -0.4 is 5.32 Å². The van der Waals surface area contributed by atoms with Gasteiger partial charge in [-0.25, -0.2) is 0 Å². The standard InChI is InChI=1S/C16H28ClN3/c1-5-18-16(14-8-6-7-9-15(14)17)10-11-20(4)13-12-19(2)3/h6-9,16,18H,5,10-13H2,1-4H3. The maximum atomic E-state index is 6.31. The summed E-state index contributed by atoms with van der Waals surface area (Å²) in [5.74, 6) is 0. The molecule has 0 heterocycles. The zero-order valence-electron chi connectivity index (χ0n) is 13.2. The van der Waals surface area contributed by atoms with Gasteiger partial charge in [-0.2, -0.15) is 0 Å². The molecule has 20 heavy (non-hydrogen) atoms. The van der Waals surface area contributed by atoms with Crippen molar-refractivity contribution in [2.24, 2.45) is 0 Å². The topological polar surface area (TPSA) is 18.5 Å². The highest BCUT2D eigenvalue weighted by Gasteiger charge is 2.14. The lowest BCUT2D eigenvalue weighted by Gasteiger charge is -2.24. The van der Waals surface area contributed by atoms with E-state index in [-0.39, 0.29) is 0 Å². The van der Waals surface area contributed by atoms with Crippen molar-refractivity contribution in [3.05, 3.63) is 34.9 Å². The SMILES string of the molecule is CCNC(CCN(C)CCN(C)C)c1ccccc1Cl. The minimum absolute atomic E-state index is 0.329. The van der Waals surface area contributed by atoms with Crippen LogP contribution in [0.2, 0.25) is 5.02 Å². The van der Waals surface area contributed by atoms with E-state index in [1.165, 1.54) is 5.56 Å². The van der Waals surface area contributed by atoms with Gasteiger partial charge in [-0.1, -0.05) is 36.7 Å². The summed E-state index contributed by atoms with van der Waals surface area (Å²) in [6.45, 7) is 6.34. The average molecular weight is 298 g/mol. The van der Waals surface area contributed by atoms with Crippen molar-refractivity contribution in [1.29, 1.82) is 0 Å². The Kier molecular flexibility index (Phi) is 8.15. The molecule has 0 saturated heterocycles. The first-order chi connectivity index (χ1) is 9.54. The van der Waals surface area contributed by atoms with Gasteiger partial charge >= 0.3 is 0 Å². The van der Waals surface area contributed by atoms with E-state index in [2.05, 4.69) is 55.3 Å². The quantitative estimate of drug-likeness (QED) is 0.756. The number of halogens is 1. The van der Waals surface area contributed by atoms with E-state index in [1.807, 2.05) is 12.1 Å². The molecule has 0 saturated carbocycles. The molecule has 1 unspecified atom stereocenters. The molecule has 1 atom stereocenters. The lowest BCUT2D eigenvalue weighted by Crippen LogP contribution is -2.32. The van der Waals surface area contributed by atoms with Gasteiger partial charge in [-0.15, -0.1) is 0 Å². The predicted octanol–water partition coefficient (Wildman–Crippen LogP) is 2.87. The van der Waals surface area contributed by atoms with E-state index < -0.39 is 0 Å². The molecule has 1 aromatic rings. The molecule has 0 amide bonds. The number of hydrogen-bond acceptors (Lipinski definition) is 3. The van der Waals surface area contributed by atoms with Crippen molar-refractivity contribution in [1.82, 2.24) is 15.1 Å². The van der Waals surface area contributed by atoms with E-state index in [1.54, 1.807) is 0 Å². The lowest BCUT2D eigenvalue weighted by atomic mass is 10.0. The molecule has 0 fully saturated rings. The third kappa shape index (κ3) is 6.23. The van der Waals surface area contributed by atoms with Gasteiger partial charge in [0.15, 0.2) is 0 Å². The summed E-state index contributed by atoms with van der Waals surface area (Å²) in [7, 11) is 6.40. The van der Waals surface area contributed by atoms with Crippen molar-refractivity contribution in [2.75, 3.05) is 47.3 Å². The summed E-state index contributed by atoms with van der Waals surface area (Å²) in [5.41, 5.74) is 1.21. The first kappa shape index (κ1) is 17.4. The highest BCUT2D eigenvalue weighted by atomic mass is 35.5. The Morgan fingerprint density at radius 3 is 2.40 bits per heavy atom. The minimum atomic E-state index is 0.329. The largest absolute Gasteiger partial charge is 0.310 e. The van der Waals surface area contributed by atoms with E-state index in [9.17, 15) is 0 Å². The van der Waals surface area contributed by atoms with E-state index in [0.29, 0.717) is 6.04 Å². The van der Waals surface area contributed by atoms with E-state index in [0.717, 1.165) is 37.6 Å². The fourth-order valence-electron chi connectivity index (χ4n) is 2.20. The van der Waals surface area contributed by atoms with Gasteiger partial charge in [0, 0.05) is 24.2 Å². The summed E-state index contributed by atoms with van der Waals surface area (Å²) in [6, 6.07) is 8.46. The zero-order valence-corrected chi connectivity index (χ0v) is 14.0. The molecule has 0 bridgehead atoms. The second-order valence-electron chi connectivity index (χ2n) is 5.53. The maximum Gasteiger partial charge on any atom is 0.0453 e. The van der Waals surface area contributed by atoms with E-state index in [4.69, 9.17) is 11.6 Å². The van der Waals surface area contributed by atoms with Crippen LogP contribution in [0.15, 0.2) is 24.3 Å². The summed E-state index contributed by atoms with van der Waals surface area (Å²) in [6.07, 6.45) is 1.07. The van der Waals surface area contributed by atoms with Crippen LogP contribution in [-0.4, -0.2) is 57.1 Å². The number of benzene rings is 1. The fraction of sp³-hybridized carbons (Fsp3) is 0.625. The van der Waals surface area contributed by atoms with Gasteiger partial charge in [-0.3, -0.25) is 0 Å². The molecule has 1 N–H and O–H groups in total. The number of hydrogen-bond donors (Lipinski definition) is 1. The molecule has 0 aliphatic rings. The smallest absolute Gasteiger partial charge is 0.0453 e. The van der Waals surface area contributed by atoms with Crippen molar-refractivity contribution in [2.45, 2.75) is 19.4 Å². The van der Waals surface area contributed by atoms with Gasteiger partial charge < -0.3 is 15.1 Å². The molecule has 0 aromatic heterocycles. The van der Waals surface area contributed by atoms with Crippen LogP contribution in [0.5, 0.6) is 0 Å². The molecule has 0 spiro atoms. The molecule has 1 rings (SSSR count). The van der Waals surface area contributed by atoms with Gasteiger partial charge in [0.25, 0.3) is 0 Å². The first-order valence-corrected chi connectivity index (χ1v) is 7.73. The highest BCUT2D eigenvalue weighted by molar-refractivity contribution is 6.31. The van der Waals surface area contributed by atoms with Crippen molar-refractivity contribution in [3.8, 4) is 0 Å². The van der Waals surface area contributed by atoms with Crippen LogP contribution >= 0.6 is 11.6 Å². The molecular weight excluding hydrogens is 270 g/mol. The lowest BCUT2D eigenvalue weighted by molar-refractivity contribution is 0.268. The molecule has 4 heteroatoms. The molecular formula is C16H28ClN3. The van der Waals surface area contributed by atoms with Gasteiger partial charge in [0.05, 0.1) is 0 Å². The second kappa shape index (κ2) is 9.35. The van der Waals surface area contributed by atoms with Crippen LogP contribution in [0, 0.1) is 0 Å². The van der Waals surface area contributed by atoms with Crippen LogP contribution in [-0.2, 0) is 0 Å². The fourth-order valence-corrected chi connectivity index (χ4v) is 2.47. The number of nitrogens with one attached hydrogen (secondary N) is 1. The predicted molar refractivity (Wildman–Crippen MR) is 88.5 cm³/mol. The van der Waals surface area contributed by atoms with Crippen molar-refractivity contribution in [3.63, 3.8) is 0 Å². The Balaban J connectivity index is 2.53. The number of rotatable bonds is 9. The minimum Gasteiger partial charge on any atom is -0.310 e. The Labute approximate surface area is 128 Å². The van der Waals surface area contributed by atoms with E-state index >= 15 is 0 Å².